The summed E-state index contributed by atoms with van der Waals surface area (Å²) in [6.07, 6.45) is 0.793. The molecule has 1 amide bonds. The number of ether oxygens (including phenoxy) is 3. The van der Waals surface area contributed by atoms with Crippen molar-refractivity contribution < 1.29 is 32.2 Å². The lowest BCUT2D eigenvalue weighted by molar-refractivity contribution is -0.163. The zero-order valence-corrected chi connectivity index (χ0v) is 16.4. The van der Waals surface area contributed by atoms with Gasteiger partial charge in [0.25, 0.3) is 11.5 Å². The zero-order chi connectivity index (χ0) is 20.9. The van der Waals surface area contributed by atoms with Crippen LogP contribution in [0.3, 0.4) is 0 Å². The first-order valence-corrected chi connectivity index (χ1v) is 9.76. The molecule has 11 heteroatoms. The van der Waals surface area contributed by atoms with Crippen molar-refractivity contribution in [3.8, 4) is 11.8 Å². The van der Waals surface area contributed by atoms with E-state index in [1.807, 2.05) is 4.72 Å². The molecule has 0 saturated heterocycles. The third-order valence-corrected chi connectivity index (χ3v) is 4.04. The summed E-state index contributed by atoms with van der Waals surface area (Å²) in [6, 6.07) is 9.13. The Morgan fingerprint density at radius 2 is 1.57 bits per heavy atom. The van der Waals surface area contributed by atoms with Gasteiger partial charge in [-0.2, -0.15) is 9.97 Å². The van der Waals surface area contributed by atoms with Gasteiger partial charge in [0, 0.05) is 12.5 Å². The number of hydrogen-bond donors (Lipinski definition) is 1. The number of nitrogens with zero attached hydrogens (tertiary/aromatic N) is 2. The van der Waals surface area contributed by atoms with E-state index < -0.39 is 27.5 Å². The molecule has 0 aliphatic heterocycles. The average molecular weight is 409 g/mol. The predicted octanol–water partition coefficient (Wildman–Crippen LogP) is 0.376. The number of rotatable bonds is 7. The van der Waals surface area contributed by atoms with Crippen molar-refractivity contribution in [2.75, 3.05) is 20.5 Å². The first kappa shape index (κ1) is 21.1. The molecule has 1 N–H and O–H groups in total. The minimum atomic E-state index is -4.00. The molecule has 10 nitrogen and oxygen atoms in total. The molecule has 0 aliphatic rings. The Hall–Kier alpha value is -3.21. The van der Waals surface area contributed by atoms with Crippen LogP contribution >= 0.6 is 0 Å². The first-order valence-electron chi connectivity index (χ1n) is 7.87. The highest BCUT2D eigenvalue weighted by Gasteiger charge is 2.50. The van der Waals surface area contributed by atoms with Gasteiger partial charge in [0.2, 0.25) is 21.8 Å². The van der Waals surface area contributed by atoms with Crippen molar-refractivity contribution in [1.29, 1.82) is 0 Å². The highest BCUT2D eigenvalue weighted by Crippen LogP contribution is 2.34. The summed E-state index contributed by atoms with van der Waals surface area (Å²) >= 11 is 0. The first-order chi connectivity index (χ1) is 13.1. The summed E-state index contributed by atoms with van der Waals surface area (Å²) < 4.78 is 40.8. The summed E-state index contributed by atoms with van der Waals surface area (Å²) in [7, 11) is -1.34. The molecule has 0 bridgehead atoms. The van der Waals surface area contributed by atoms with Gasteiger partial charge < -0.3 is 14.2 Å². The molecule has 1 heterocycles. The number of carbonyl (C=O) groups excluding carboxylic acids is 2. The smallest absolute Gasteiger partial charge is 0.304 e. The van der Waals surface area contributed by atoms with Crippen molar-refractivity contribution in [2.24, 2.45) is 0 Å². The Balaban J connectivity index is 2.87. The van der Waals surface area contributed by atoms with Crippen LogP contribution in [0.5, 0.6) is 11.8 Å². The number of aromatic nitrogens is 2. The van der Waals surface area contributed by atoms with Gasteiger partial charge in [0.05, 0.1) is 26.5 Å². The van der Waals surface area contributed by atoms with Crippen molar-refractivity contribution in [3.05, 3.63) is 47.8 Å². The van der Waals surface area contributed by atoms with Crippen LogP contribution in [0.15, 0.2) is 36.4 Å². The topological polar surface area (TPSA) is 134 Å². The summed E-state index contributed by atoms with van der Waals surface area (Å²) in [5, 5.41) is 0. The van der Waals surface area contributed by atoms with E-state index >= 15 is 0 Å². The molecular weight excluding hydrogens is 390 g/mol. The normalized spacial score (nSPS) is 13.1. The van der Waals surface area contributed by atoms with E-state index in [0.717, 1.165) is 13.2 Å². The molecule has 2 aromatic rings. The number of methoxy groups -OCH3 is 2. The van der Waals surface area contributed by atoms with Crippen LogP contribution < -0.4 is 14.2 Å². The number of esters is 1. The fourth-order valence-corrected chi connectivity index (χ4v) is 2.89. The molecule has 28 heavy (non-hydrogen) atoms. The lowest BCUT2D eigenvalue weighted by Crippen LogP contribution is -2.50. The van der Waals surface area contributed by atoms with Crippen LogP contribution in [0, 0.1) is 0 Å². The van der Waals surface area contributed by atoms with E-state index in [-0.39, 0.29) is 23.1 Å². The maximum absolute atomic E-state index is 13.1. The zero-order valence-electron chi connectivity index (χ0n) is 15.6. The van der Waals surface area contributed by atoms with Crippen molar-refractivity contribution >= 4 is 21.9 Å². The van der Waals surface area contributed by atoms with Gasteiger partial charge in [0.15, 0.2) is 5.82 Å². The standard InChI is InChI=1S/C17H19N3O7S/c1-11(21)27-17(12-8-6-5-7-9-12,16(22)20-28(4,23)24)15-18-13(25-2)10-14(19-15)26-3/h5-10H,1-4H3,(H,20,22). The number of nitrogens with one attached hydrogen (secondary N) is 1. The van der Waals surface area contributed by atoms with Crippen LogP contribution in [0.1, 0.15) is 18.3 Å². The number of hydrogen-bond acceptors (Lipinski definition) is 9. The third kappa shape index (κ3) is 4.55. The molecule has 0 saturated carbocycles. The van der Waals surface area contributed by atoms with Crippen LogP contribution in [-0.4, -0.2) is 50.7 Å². The molecule has 1 aromatic carbocycles. The van der Waals surface area contributed by atoms with Gasteiger partial charge in [-0.05, 0) is 0 Å². The lowest BCUT2D eigenvalue weighted by Gasteiger charge is -2.30. The van der Waals surface area contributed by atoms with Crippen LogP contribution in [0.2, 0.25) is 0 Å². The van der Waals surface area contributed by atoms with E-state index in [9.17, 15) is 18.0 Å². The number of sulfonamides is 1. The second kappa shape index (κ2) is 8.21. The molecule has 1 unspecified atom stereocenters. The van der Waals surface area contributed by atoms with Crippen LogP contribution in [0.4, 0.5) is 0 Å². The molecule has 0 radical (unpaired) electrons. The molecule has 1 atom stereocenters. The van der Waals surface area contributed by atoms with Crippen molar-refractivity contribution in [2.45, 2.75) is 12.5 Å². The second-order valence-corrected chi connectivity index (χ2v) is 7.37. The molecular formula is C17H19N3O7S. The van der Waals surface area contributed by atoms with E-state index in [4.69, 9.17) is 14.2 Å². The average Bonchev–Trinajstić information content (AvgIpc) is 2.64. The molecule has 0 fully saturated rings. The van der Waals surface area contributed by atoms with Crippen molar-refractivity contribution in [3.63, 3.8) is 0 Å². The van der Waals surface area contributed by atoms with E-state index in [2.05, 4.69) is 9.97 Å². The minimum Gasteiger partial charge on any atom is -0.481 e. The Labute approximate surface area is 161 Å². The van der Waals surface area contributed by atoms with Crippen LogP contribution in [-0.2, 0) is 30.0 Å². The lowest BCUT2D eigenvalue weighted by atomic mass is 9.91. The fourth-order valence-electron chi connectivity index (χ4n) is 2.41. The van der Waals surface area contributed by atoms with E-state index in [0.29, 0.717) is 0 Å². The van der Waals surface area contributed by atoms with Crippen molar-refractivity contribution in [1.82, 2.24) is 14.7 Å². The monoisotopic (exact) mass is 409 g/mol. The van der Waals surface area contributed by atoms with Gasteiger partial charge in [0.1, 0.15) is 0 Å². The van der Waals surface area contributed by atoms with E-state index in [1.54, 1.807) is 18.2 Å². The van der Waals surface area contributed by atoms with Crippen LogP contribution in [0.25, 0.3) is 0 Å². The molecule has 1 aromatic heterocycles. The number of benzene rings is 1. The highest BCUT2D eigenvalue weighted by molar-refractivity contribution is 7.89. The second-order valence-electron chi connectivity index (χ2n) is 5.62. The Morgan fingerprint density at radius 1 is 1.04 bits per heavy atom. The predicted molar refractivity (Wildman–Crippen MR) is 97.1 cm³/mol. The number of carbonyl (C=O) groups is 2. The Kier molecular flexibility index (Phi) is 6.19. The van der Waals surface area contributed by atoms with Gasteiger partial charge in [-0.15, -0.1) is 0 Å². The van der Waals surface area contributed by atoms with Gasteiger partial charge in [-0.1, -0.05) is 30.3 Å². The fraction of sp³-hybridized carbons (Fsp3) is 0.294. The summed E-state index contributed by atoms with van der Waals surface area (Å²) in [5.41, 5.74) is -2.18. The largest absolute Gasteiger partial charge is 0.481 e. The van der Waals surface area contributed by atoms with Gasteiger partial charge in [-0.25, -0.2) is 13.1 Å². The highest BCUT2D eigenvalue weighted by atomic mass is 32.2. The minimum absolute atomic E-state index is 0.0152. The maximum atomic E-state index is 13.1. The summed E-state index contributed by atoms with van der Waals surface area (Å²) in [5.74, 6) is -2.35. The molecule has 0 spiro atoms. The molecule has 0 aliphatic carbocycles. The van der Waals surface area contributed by atoms with Gasteiger partial charge in [-0.3, -0.25) is 9.59 Å². The quantitative estimate of drug-likeness (QED) is 0.644. The summed E-state index contributed by atoms with van der Waals surface area (Å²) in [4.78, 5) is 33.2. The van der Waals surface area contributed by atoms with Gasteiger partial charge >= 0.3 is 5.97 Å². The Bertz CT molecular complexity index is 957. The van der Waals surface area contributed by atoms with E-state index in [1.165, 1.54) is 32.4 Å². The maximum Gasteiger partial charge on any atom is 0.304 e. The SMILES string of the molecule is COc1cc(OC)nc(C(OC(C)=O)(C(=O)NS(C)(=O)=O)c2ccccc2)n1. The molecule has 150 valence electrons. The third-order valence-electron chi connectivity index (χ3n) is 3.49. The Morgan fingerprint density at radius 3 is 2.00 bits per heavy atom. The summed E-state index contributed by atoms with van der Waals surface area (Å²) in [6.45, 7) is 1.07. The number of amides is 1. The molecule has 2 rings (SSSR count).